The van der Waals surface area contributed by atoms with Gasteiger partial charge in [0.05, 0.1) is 11.0 Å². The molecule has 0 radical (unpaired) electrons. The SMILES string of the molecule is CNC(=O)c1cc(C(=O)NCCCNC(C)=O)cc2c1OCC2(C)c1ccccc1. The van der Waals surface area contributed by atoms with Gasteiger partial charge in [-0.15, -0.1) is 0 Å². The fourth-order valence-electron chi connectivity index (χ4n) is 3.62. The van der Waals surface area contributed by atoms with Crippen LogP contribution in [0.3, 0.4) is 0 Å². The van der Waals surface area contributed by atoms with E-state index in [0.29, 0.717) is 43.0 Å². The molecule has 30 heavy (non-hydrogen) atoms. The van der Waals surface area contributed by atoms with Crippen molar-refractivity contribution in [3.63, 3.8) is 0 Å². The van der Waals surface area contributed by atoms with Crippen LogP contribution < -0.4 is 20.7 Å². The Morgan fingerprint density at radius 1 is 1.03 bits per heavy atom. The van der Waals surface area contributed by atoms with E-state index in [-0.39, 0.29) is 17.7 Å². The number of ether oxygens (including phenoxy) is 1. The van der Waals surface area contributed by atoms with E-state index in [1.165, 1.54) is 6.92 Å². The number of nitrogens with one attached hydrogen (secondary N) is 3. The third kappa shape index (κ3) is 4.30. The lowest BCUT2D eigenvalue weighted by Gasteiger charge is -2.24. The monoisotopic (exact) mass is 409 g/mol. The minimum Gasteiger partial charge on any atom is -0.491 e. The van der Waals surface area contributed by atoms with Gasteiger partial charge in [-0.05, 0) is 31.0 Å². The molecule has 7 nitrogen and oxygen atoms in total. The van der Waals surface area contributed by atoms with Gasteiger partial charge in [0, 0.05) is 38.2 Å². The molecule has 0 saturated carbocycles. The second kappa shape index (κ2) is 8.98. The van der Waals surface area contributed by atoms with Crippen molar-refractivity contribution >= 4 is 17.7 Å². The number of carbonyl (C=O) groups excluding carboxylic acids is 3. The molecule has 0 fully saturated rings. The van der Waals surface area contributed by atoms with E-state index in [1.807, 2.05) is 36.4 Å². The third-order valence-electron chi connectivity index (χ3n) is 5.35. The van der Waals surface area contributed by atoms with Gasteiger partial charge in [0.1, 0.15) is 12.4 Å². The Balaban J connectivity index is 1.91. The minimum absolute atomic E-state index is 0.102. The molecule has 3 amide bonds. The quantitative estimate of drug-likeness (QED) is 0.610. The van der Waals surface area contributed by atoms with Crippen LogP contribution in [0.5, 0.6) is 5.75 Å². The second-order valence-corrected chi connectivity index (χ2v) is 7.56. The zero-order valence-corrected chi connectivity index (χ0v) is 17.5. The first-order valence-electron chi connectivity index (χ1n) is 9.98. The summed E-state index contributed by atoms with van der Waals surface area (Å²) in [6.07, 6.45) is 0.614. The van der Waals surface area contributed by atoms with Gasteiger partial charge < -0.3 is 20.7 Å². The van der Waals surface area contributed by atoms with E-state index in [9.17, 15) is 14.4 Å². The van der Waals surface area contributed by atoms with E-state index in [1.54, 1.807) is 13.1 Å². The molecule has 0 bridgehead atoms. The number of carbonyl (C=O) groups is 3. The summed E-state index contributed by atoms with van der Waals surface area (Å²) in [5.74, 6) is -0.157. The van der Waals surface area contributed by atoms with Gasteiger partial charge in [0.15, 0.2) is 0 Å². The molecule has 1 aliphatic rings. The number of hydrogen-bond acceptors (Lipinski definition) is 4. The largest absolute Gasteiger partial charge is 0.491 e. The molecule has 1 aliphatic heterocycles. The van der Waals surface area contributed by atoms with Gasteiger partial charge in [0.2, 0.25) is 5.91 Å². The summed E-state index contributed by atoms with van der Waals surface area (Å²) in [4.78, 5) is 36.2. The van der Waals surface area contributed by atoms with Crippen molar-refractivity contribution in [1.82, 2.24) is 16.0 Å². The van der Waals surface area contributed by atoms with Crippen molar-refractivity contribution < 1.29 is 19.1 Å². The molecule has 0 aliphatic carbocycles. The Kier molecular flexibility index (Phi) is 6.40. The van der Waals surface area contributed by atoms with Crippen molar-refractivity contribution in [3.05, 3.63) is 64.7 Å². The molecule has 3 N–H and O–H groups in total. The van der Waals surface area contributed by atoms with Crippen LogP contribution in [-0.2, 0) is 10.2 Å². The fraction of sp³-hybridized carbons (Fsp3) is 0.348. The Hall–Kier alpha value is -3.35. The summed E-state index contributed by atoms with van der Waals surface area (Å²) >= 11 is 0. The average Bonchev–Trinajstić information content (AvgIpc) is 3.10. The molecule has 1 unspecified atom stereocenters. The zero-order valence-electron chi connectivity index (χ0n) is 17.5. The van der Waals surface area contributed by atoms with Crippen LogP contribution in [-0.4, -0.2) is 44.5 Å². The van der Waals surface area contributed by atoms with Gasteiger partial charge in [-0.3, -0.25) is 14.4 Å². The Labute approximate surface area is 176 Å². The maximum atomic E-state index is 12.8. The van der Waals surface area contributed by atoms with Crippen LogP contribution in [0.15, 0.2) is 42.5 Å². The fourth-order valence-corrected chi connectivity index (χ4v) is 3.62. The van der Waals surface area contributed by atoms with Crippen LogP contribution in [0.1, 0.15) is 52.1 Å². The van der Waals surface area contributed by atoms with Crippen molar-refractivity contribution in [2.24, 2.45) is 0 Å². The van der Waals surface area contributed by atoms with Crippen molar-refractivity contribution in [1.29, 1.82) is 0 Å². The molecular formula is C23H27N3O4. The molecule has 1 heterocycles. The first-order chi connectivity index (χ1) is 14.4. The Morgan fingerprint density at radius 3 is 2.40 bits per heavy atom. The number of amides is 3. The van der Waals surface area contributed by atoms with Gasteiger partial charge in [-0.2, -0.15) is 0 Å². The number of hydrogen-bond donors (Lipinski definition) is 3. The summed E-state index contributed by atoms with van der Waals surface area (Å²) in [6, 6.07) is 13.3. The smallest absolute Gasteiger partial charge is 0.254 e. The number of fused-ring (bicyclic) bond motifs is 1. The van der Waals surface area contributed by atoms with Crippen LogP contribution in [0.25, 0.3) is 0 Å². The first kappa shape index (κ1) is 21.4. The molecule has 1 atom stereocenters. The molecular weight excluding hydrogens is 382 g/mol. The van der Waals surface area contributed by atoms with Crippen LogP contribution >= 0.6 is 0 Å². The molecule has 2 aromatic rings. The van der Waals surface area contributed by atoms with E-state index in [2.05, 4.69) is 22.9 Å². The molecule has 2 aromatic carbocycles. The van der Waals surface area contributed by atoms with E-state index < -0.39 is 5.41 Å². The topological polar surface area (TPSA) is 96.5 Å². The maximum absolute atomic E-state index is 12.8. The van der Waals surface area contributed by atoms with E-state index >= 15 is 0 Å². The normalized spacial score (nSPS) is 16.9. The standard InChI is InChI=1S/C23H27N3O4/c1-15(27)25-10-7-11-26-21(28)16-12-18(22(29)24-3)20-19(13-16)23(2,14-30-20)17-8-5-4-6-9-17/h4-6,8-9,12-13H,7,10-11,14H2,1-3H3,(H,24,29)(H,25,27)(H,26,28). The van der Waals surface area contributed by atoms with Crippen molar-refractivity contribution in [2.45, 2.75) is 25.7 Å². The predicted molar refractivity (Wildman–Crippen MR) is 114 cm³/mol. The number of rotatable bonds is 7. The third-order valence-corrected chi connectivity index (χ3v) is 5.35. The van der Waals surface area contributed by atoms with Crippen LogP contribution in [0, 0.1) is 0 Å². The van der Waals surface area contributed by atoms with E-state index in [4.69, 9.17) is 4.74 Å². The van der Waals surface area contributed by atoms with Crippen molar-refractivity contribution in [3.8, 4) is 5.75 Å². The van der Waals surface area contributed by atoms with Crippen LogP contribution in [0.4, 0.5) is 0 Å². The molecule has 0 aromatic heterocycles. The van der Waals surface area contributed by atoms with Crippen molar-refractivity contribution in [2.75, 3.05) is 26.7 Å². The van der Waals surface area contributed by atoms with Gasteiger partial charge >= 0.3 is 0 Å². The minimum atomic E-state index is -0.471. The zero-order chi connectivity index (χ0) is 21.7. The second-order valence-electron chi connectivity index (χ2n) is 7.56. The summed E-state index contributed by atoms with van der Waals surface area (Å²) in [7, 11) is 1.55. The Bertz CT molecular complexity index is 958. The molecule has 0 spiro atoms. The summed E-state index contributed by atoms with van der Waals surface area (Å²) in [5, 5.41) is 8.17. The lowest BCUT2D eigenvalue weighted by atomic mass is 9.77. The van der Waals surface area contributed by atoms with Gasteiger partial charge in [-0.25, -0.2) is 0 Å². The molecule has 158 valence electrons. The lowest BCUT2D eigenvalue weighted by Crippen LogP contribution is -2.30. The van der Waals surface area contributed by atoms with E-state index in [0.717, 1.165) is 11.1 Å². The highest BCUT2D eigenvalue weighted by atomic mass is 16.5. The maximum Gasteiger partial charge on any atom is 0.254 e. The highest BCUT2D eigenvalue weighted by Crippen LogP contribution is 2.45. The summed E-state index contributed by atoms with van der Waals surface area (Å²) in [5.41, 5.74) is 2.15. The summed E-state index contributed by atoms with van der Waals surface area (Å²) in [6.45, 7) is 4.80. The highest BCUT2D eigenvalue weighted by molar-refractivity contribution is 6.02. The van der Waals surface area contributed by atoms with Crippen LogP contribution in [0.2, 0.25) is 0 Å². The predicted octanol–water partition coefficient (Wildman–Crippen LogP) is 2.00. The number of benzene rings is 2. The first-order valence-corrected chi connectivity index (χ1v) is 9.98. The molecule has 3 rings (SSSR count). The average molecular weight is 409 g/mol. The van der Waals surface area contributed by atoms with Gasteiger partial charge in [0.25, 0.3) is 11.8 Å². The van der Waals surface area contributed by atoms with Gasteiger partial charge in [-0.1, -0.05) is 30.3 Å². The lowest BCUT2D eigenvalue weighted by molar-refractivity contribution is -0.118. The molecule has 7 heteroatoms. The molecule has 0 saturated heterocycles. The summed E-state index contributed by atoms with van der Waals surface area (Å²) < 4.78 is 5.96. The highest BCUT2D eigenvalue weighted by Gasteiger charge is 2.40. The Morgan fingerprint density at radius 2 is 1.73 bits per heavy atom.